The van der Waals surface area contributed by atoms with Gasteiger partial charge in [-0.05, 0) is 68.4 Å². The number of unbranched alkanes of at least 4 members (excludes halogenated alkanes) is 10. The molecule has 1 aliphatic heterocycles. The maximum atomic E-state index is 14.8. The summed E-state index contributed by atoms with van der Waals surface area (Å²) in [7, 11) is 0. The number of likely N-dealkylation sites (tertiary alicyclic amines) is 1. The van der Waals surface area contributed by atoms with Crippen LogP contribution in [-0.4, -0.2) is 101 Å². The number of rotatable bonds is 28. The van der Waals surface area contributed by atoms with Crippen molar-refractivity contribution in [3.8, 4) is 22.0 Å². The number of amides is 6. The number of hydrogen-bond donors (Lipinski definition) is 6. The predicted octanol–water partition coefficient (Wildman–Crippen LogP) is 9.21. The number of pyridine rings is 1. The molecule has 2 aromatic carbocycles. The minimum Gasteiger partial charge on any atom is -0.391 e. The fraction of sp³-hybridized carbons (Fsp3) is 0.509. The van der Waals surface area contributed by atoms with Gasteiger partial charge < -0.3 is 41.2 Å². The SMILES string of the molecule is Cc1ncsc1-c1ccc(CNC(=O)[C@@H]2C[C@@H](O)CN2C(=O)[C@H](NC(=O)CCCCCCCCCCCCCNC(=O)CCC(=O)Nc2cc(C(=O)Nc3cccc(-c4nncn4C(C)C)n3)c(F)cc2F)C(C)(C)C)cc1. The van der Waals surface area contributed by atoms with Crippen molar-refractivity contribution in [2.45, 2.75) is 169 Å². The molecule has 6 amide bonds. The van der Waals surface area contributed by atoms with Crippen LogP contribution in [-0.2, 0) is 30.5 Å². The Morgan fingerprint density at radius 1 is 0.795 bits per heavy atom. The number of nitrogens with one attached hydrogen (secondary N) is 5. The lowest BCUT2D eigenvalue weighted by Gasteiger charge is -2.35. The molecule has 78 heavy (non-hydrogen) atoms. The molecular weight excluding hydrogens is 1020 g/mol. The molecule has 3 atom stereocenters. The molecule has 6 N–H and O–H groups in total. The molecule has 18 nitrogen and oxygen atoms in total. The number of aromatic nitrogens is 5. The third-order valence-electron chi connectivity index (χ3n) is 13.6. The molecule has 4 heterocycles. The van der Waals surface area contributed by atoms with E-state index >= 15 is 0 Å². The number of β-amino-alcohol motifs (C(OH)–C–C–N with tert-alkyl or cyclic N) is 1. The molecule has 6 rings (SSSR count). The molecule has 1 saturated heterocycles. The quantitative estimate of drug-likeness (QED) is 0.0258. The van der Waals surface area contributed by atoms with Gasteiger partial charge in [-0.2, -0.15) is 0 Å². The average Bonchev–Trinajstić information content (AvgIpc) is 4.26. The molecule has 0 spiro atoms. The zero-order valence-corrected chi connectivity index (χ0v) is 46.4. The topological polar surface area (TPSA) is 243 Å². The summed E-state index contributed by atoms with van der Waals surface area (Å²) in [5.41, 5.74) is 3.59. The van der Waals surface area contributed by atoms with Crippen LogP contribution in [0.4, 0.5) is 20.3 Å². The third-order valence-corrected chi connectivity index (χ3v) is 14.6. The Morgan fingerprint density at radius 2 is 1.46 bits per heavy atom. The van der Waals surface area contributed by atoms with Gasteiger partial charge in [-0.1, -0.05) is 109 Å². The Bertz CT molecular complexity index is 2830. The first-order chi connectivity index (χ1) is 37.3. The first kappa shape index (κ1) is 60.2. The monoisotopic (exact) mass is 1100 g/mol. The maximum absolute atomic E-state index is 14.8. The first-order valence-corrected chi connectivity index (χ1v) is 28.0. The van der Waals surface area contributed by atoms with Gasteiger partial charge >= 0.3 is 0 Å². The summed E-state index contributed by atoms with van der Waals surface area (Å²) in [4.78, 5) is 90.0. The molecule has 0 saturated carbocycles. The number of aryl methyl sites for hydroxylation is 1. The lowest BCUT2D eigenvalue weighted by atomic mass is 9.85. The number of anilines is 2. The number of halogens is 2. The fourth-order valence-corrected chi connectivity index (χ4v) is 10.0. The number of thiazole rings is 1. The van der Waals surface area contributed by atoms with Crippen LogP contribution < -0.4 is 26.6 Å². The second kappa shape index (κ2) is 29.1. The maximum Gasteiger partial charge on any atom is 0.259 e. The highest BCUT2D eigenvalue weighted by atomic mass is 32.1. The van der Waals surface area contributed by atoms with Crippen molar-refractivity contribution >= 4 is 58.3 Å². The summed E-state index contributed by atoms with van der Waals surface area (Å²) in [6.07, 6.45) is 11.5. The number of carbonyl (C=O) groups is 6. The van der Waals surface area contributed by atoms with Crippen LogP contribution in [0.5, 0.6) is 0 Å². The first-order valence-electron chi connectivity index (χ1n) is 27.1. The van der Waals surface area contributed by atoms with Gasteiger partial charge in [0.25, 0.3) is 5.91 Å². The van der Waals surface area contributed by atoms with Crippen molar-refractivity contribution in [2.75, 3.05) is 23.7 Å². The number of aliphatic hydroxyl groups is 1. The Labute approximate surface area is 459 Å². The summed E-state index contributed by atoms with van der Waals surface area (Å²) < 4.78 is 31.3. The Morgan fingerprint density at radius 3 is 2.12 bits per heavy atom. The molecule has 1 aliphatic rings. The van der Waals surface area contributed by atoms with Gasteiger partial charge in [0.2, 0.25) is 29.5 Å². The smallest absolute Gasteiger partial charge is 0.259 e. The number of hydrogen-bond acceptors (Lipinski definition) is 12. The summed E-state index contributed by atoms with van der Waals surface area (Å²) in [6, 6.07) is 12.4. The molecule has 0 radical (unpaired) electrons. The fourth-order valence-electron chi connectivity index (χ4n) is 9.21. The normalized spacial score (nSPS) is 14.8. The Kier molecular flexibility index (Phi) is 22.5. The van der Waals surface area contributed by atoms with Gasteiger partial charge in [-0.15, -0.1) is 21.5 Å². The molecule has 3 aromatic heterocycles. The van der Waals surface area contributed by atoms with E-state index in [1.165, 1.54) is 11.0 Å². The summed E-state index contributed by atoms with van der Waals surface area (Å²) >= 11 is 1.57. The van der Waals surface area contributed by atoms with Crippen molar-refractivity contribution in [3.63, 3.8) is 0 Å². The zero-order valence-electron chi connectivity index (χ0n) is 45.6. The van der Waals surface area contributed by atoms with E-state index < -0.39 is 58.3 Å². The molecular formula is C57H75F2N11O7S. The second-order valence-electron chi connectivity index (χ2n) is 21.3. The lowest BCUT2D eigenvalue weighted by molar-refractivity contribution is -0.144. The third kappa shape index (κ3) is 17.8. The molecule has 420 valence electrons. The summed E-state index contributed by atoms with van der Waals surface area (Å²) in [5.74, 6) is -4.51. The molecule has 0 unspecified atom stereocenters. The summed E-state index contributed by atoms with van der Waals surface area (Å²) in [5, 5.41) is 32.2. The number of nitrogens with zero attached hydrogens (tertiary/aromatic N) is 6. The molecule has 21 heteroatoms. The minimum atomic E-state index is -1.13. The number of aliphatic hydroxyl groups excluding tert-OH is 1. The molecule has 0 bridgehead atoms. The van der Waals surface area contributed by atoms with E-state index in [0.717, 1.165) is 92.0 Å². The number of carbonyl (C=O) groups excluding carboxylic acids is 6. The standard InChI is InChI=1S/C57H75F2N11O7S/c1-36(2)70-34-63-68-53(70)44-19-18-20-47(64-44)66-54(75)41-30-45(43(59)31-42(41)58)65-50(74)27-26-48(72)60-28-17-15-13-11-9-7-8-10-12-14-16-21-49(73)67-52(57(4,5)6)56(77)69-33-40(71)29-46(69)55(76)61-32-38-22-24-39(25-23-38)51-37(3)62-35-78-51/h18-20,22-25,30-31,34-36,40,46,52,71H,7-17,21,26-29,32-33H2,1-6H3,(H,60,72)(H,61,76)(H,65,74)(H,67,73)(H,64,66,75)/t40-,46+,52+/m1/s1. The Balaban J connectivity index is 0.785. The molecule has 0 aliphatic carbocycles. The van der Waals surface area contributed by atoms with E-state index in [0.29, 0.717) is 30.6 Å². The number of benzene rings is 2. The predicted molar refractivity (Wildman–Crippen MR) is 296 cm³/mol. The Hall–Kier alpha value is -7.00. The second-order valence-corrected chi connectivity index (χ2v) is 22.2. The van der Waals surface area contributed by atoms with Gasteiger partial charge in [0.05, 0.1) is 33.4 Å². The molecule has 5 aromatic rings. The van der Waals surface area contributed by atoms with Crippen molar-refractivity contribution in [3.05, 3.63) is 94.9 Å². The van der Waals surface area contributed by atoms with Crippen LogP contribution in [0, 0.1) is 24.0 Å². The highest BCUT2D eigenvalue weighted by Gasteiger charge is 2.44. The van der Waals surface area contributed by atoms with Gasteiger partial charge in [0, 0.05) is 57.4 Å². The van der Waals surface area contributed by atoms with E-state index in [2.05, 4.69) is 46.7 Å². The van der Waals surface area contributed by atoms with E-state index in [9.17, 15) is 42.7 Å². The van der Waals surface area contributed by atoms with Crippen LogP contribution >= 0.6 is 11.3 Å². The minimum absolute atomic E-state index is 0.0145. The van der Waals surface area contributed by atoms with E-state index in [1.54, 1.807) is 34.4 Å². The van der Waals surface area contributed by atoms with Gasteiger partial charge in [0.1, 0.15) is 41.6 Å². The van der Waals surface area contributed by atoms with Gasteiger partial charge in [-0.3, -0.25) is 28.8 Å². The van der Waals surface area contributed by atoms with E-state index in [4.69, 9.17) is 0 Å². The summed E-state index contributed by atoms with van der Waals surface area (Å²) in [6.45, 7) is 12.2. The highest BCUT2D eigenvalue weighted by molar-refractivity contribution is 7.13. The zero-order chi connectivity index (χ0) is 56.4. The van der Waals surface area contributed by atoms with E-state index in [-0.39, 0.29) is 74.3 Å². The average molecular weight is 1100 g/mol. The van der Waals surface area contributed by atoms with Crippen molar-refractivity contribution < 1.29 is 42.7 Å². The van der Waals surface area contributed by atoms with Gasteiger partial charge in [0.15, 0.2) is 5.82 Å². The van der Waals surface area contributed by atoms with Crippen molar-refractivity contribution in [1.29, 1.82) is 0 Å². The van der Waals surface area contributed by atoms with Crippen LogP contribution in [0.15, 0.2) is 66.4 Å². The van der Waals surface area contributed by atoms with E-state index in [1.807, 2.05) is 71.3 Å². The van der Waals surface area contributed by atoms with Crippen LogP contribution in [0.3, 0.4) is 0 Å². The molecule has 1 fully saturated rings. The largest absolute Gasteiger partial charge is 0.391 e. The van der Waals surface area contributed by atoms with Crippen molar-refractivity contribution in [1.82, 2.24) is 45.6 Å². The van der Waals surface area contributed by atoms with Crippen molar-refractivity contribution in [2.24, 2.45) is 5.41 Å². The van der Waals surface area contributed by atoms with Gasteiger partial charge in [-0.25, -0.2) is 18.7 Å². The lowest BCUT2D eigenvalue weighted by Crippen LogP contribution is -2.57. The van der Waals surface area contributed by atoms with Crippen LogP contribution in [0.25, 0.3) is 22.0 Å². The highest BCUT2D eigenvalue weighted by Crippen LogP contribution is 2.29. The van der Waals surface area contributed by atoms with Crippen LogP contribution in [0.1, 0.15) is 159 Å². The van der Waals surface area contributed by atoms with Crippen LogP contribution in [0.2, 0.25) is 0 Å².